The van der Waals surface area contributed by atoms with Crippen LogP contribution < -0.4 is 4.74 Å². The molecule has 0 saturated carbocycles. The molecule has 0 atom stereocenters. The Hall–Kier alpha value is -3.13. The van der Waals surface area contributed by atoms with E-state index in [2.05, 4.69) is 43.6 Å². The first kappa shape index (κ1) is 17.7. The molecule has 0 heterocycles. The lowest BCUT2D eigenvalue weighted by Crippen LogP contribution is -2.02. The number of rotatable bonds is 6. The van der Waals surface area contributed by atoms with Gasteiger partial charge in [0.15, 0.2) is 0 Å². The fourth-order valence-electron chi connectivity index (χ4n) is 3.01. The summed E-state index contributed by atoms with van der Waals surface area (Å²) in [4.78, 5) is 0. The topological polar surface area (TPSA) is 12.2 Å². The van der Waals surface area contributed by atoms with E-state index >= 15 is 0 Å². The molecule has 0 aliphatic rings. The van der Waals surface area contributed by atoms with Gasteiger partial charge in [0.25, 0.3) is 0 Å². The van der Waals surface area contributed by atoms with E-state index in [9.17, 15) is 0 Å². The van der Waals surface area contributed by atoms with Gasteiger partial charge in [-0.2, -0.15) is 0 Å². The molecule has 0 bridgehead atoms. The summed E-state index contributed by atoms with van der Waals surface area (Å²) in [7, 11) is 1.94. The summed E-state index contributed by atoms with van der Waals surface area (Å²) in [6, 6.07) is 24.5. The summed E-state index contributed by atoms with van der Waals surface area (Å²) < 4.78 is 8.08. The molecule has 0 fully saturated rings. The molecule has 0 N–H and O–H groups in total. The average Bonchev–Trinajstić information content (AvgIpc) is 2.62. The molecule has 0 radical (unpaired) electrons. The first-order valence-electron chi connectivity index (χ1n) is 8.68. The van der Waals surface area contributed by atoms with E-state index in [0.717, 1.165) is 34.7 Å². The second-order valence-corrected chi connectivity index (χ2v) is 6.53. The highest BCUT2D eigenvalue weighted by atomic mass is 16.5. The molecule has 0 amide bonds. The molecule has 2 heteroatoms. The van der Waals surface area contributed by atoms with Crippen molar-refractivity contribution in [3.63, 3.8) is 0 Å². The van der Waals surface area contributed by atoms with Crippen LogP contribution in [0.2, 0.25) is 0 Å². The van der Waals surface area contributed by atoms with Crippen LogP contribution in [0.3, 0.4) is 0 Å². The van der Waals surface area contributed by atoms with Crippen molar-refractivity contribution in [1.29, 1.82) is 0 Å². The van der Waals surface area contributed by atoms with Gasteiger partial charge in [-0.15, -0.1) is 0 Å². The number of para-hydroxylation sites is 1. The Kier molecular flexibility index (Phi) is 5.33. The van der Waals surface area contributed by atoms with Crippen LogP contribution in [0.5, 0.6) is 11.5 Å². The molecule has 0 spiro atoms. The minimum Gasteiger partial charge on any atom is -0.456 e. The van der Waals surface area contributed by atoms with E-state index in [1.807, 2.05) is 61.0 Å². The molecule has 0 saturated heterocycles. The third-order valence-electron chi connectivity index (χ3n) is 4.24. The Morgan fingerprint density at radius 1 is 0.962 bits per heavy atom. The minimum absolute atomic E-state index is 0.808. The van der Waals surface area contributed by atoms with E-state index < -0.39 is 0 Å². The molecule has 0 aromatic heterocycles. The predicted molar refractivity (Wildman–Crippen MR) is 110 cm³/mol. The van der Waals surface area contributed by atoms with Gasteiger partial charge < -0.3 is 4.74 Å². The first-order chi connectivity index (χ1) is 12.5. The fourth-order valence-corrected chi connectivity index (χ4v) is 3.01. The van der Waals surface area contributed by atoms with E-state index in [1.165, 1.54) is 11.1 Å². The van der Waals surface area contributed by atoms with Crippen LogP contribution in [0, 0.1) is 0 Å². The number of allylic oxidation sites excluding steroid dienone is 1. The predicted octanol–water partition coefficient (Wildman–Crippen LogP) is 6.08. The molecule has 130 valence electrons. The van der Waals surface area contributed by atoms with Crippen molar-refractivity contribution in [3.05, 3.63) is 96.1 Å². The monoisotopic (exact) mass is 342 g/mol. The maximum Gasteiger partial charge on any atom is 0.208 e. The number of ether oxygens (including phenoxy) is 1. The number of nitrogens with zero attached hydrogens (tertiary/aromatic N) is 1. The van der Waals surface area contributed by atoms with E-state index in [1.54, 1.807) is 0 Å². The summed E-state index contributed by atoms with van der Waals surface area (Å²) in [5.74, 6) is 1.62. The van der Waals surface area contributed by atoms with Crippen LogP contribution in [0.25, 0.3) is 5.57 Å². The molecule has 0 unspecified atom stereocenters. The molecular formula is C24H24NO+. The lowest BCUT2D eigenvalue weighted by molar-refractivity contribution is -0.394. The summed E-state index contributed by atoms with van der Waals surface area (Å²) in [6.07, 6.45) is 0.815. The van der Waals surface area contributed by atoms with E-state index in [0.29, 0.717) is 0 Å². The van der Waals surface area contributed by atoms with Gasteiger partial charge in [0.05, 0.1) is 6.07 Å². The molecule has 3 rings (SSSR count). The number of hydrogen-bond acceptors (Lipinski definition) is 1. The zero-order chi connectivity index (χ0) is 18.5. The highest BCUT2D eigenvalue weighted by molar-refractivity contribution is 5.73. The van der Waals surface area contributed by atoms with Crippen molar-refractivity contribution in [2.24, 2.45) is 0 Å². The summed E-state index contributed by atoms with van der Waals surface area (Å²) in [6.45, 7) is 10.3. The Bertz CT molecular complexity index is 864. The van der Waals surface area contributed by atoms with Crippen molar-refractivity contribution >= 4 is 18.0 Å². The maximum absolute atomic E-state index is 6.22. The Morgan fingerprint density at radius 2 is 1.58 bits per heavy atom. The van der Waals surface area contributed by atoms with Crippen molar-refractivity contribution in [2.45, 2.75) is 13.3 Å². The van der Waals surface area contributed by atoms with Gasteiger partial charge in [-0.05, 0) is 42.2 Å². The van der Waals surface area contributed by atoms with Crippen LogP contribution in [0.15, 0.2) is 79.4 Å². The molecular weight excluding hydrogens is 318 g/mol. The fraction of sp³-hybridized carbons (Fsp3) is 0.125. The number of hydrogen-bond donors (Lipinski definition) is 0. The molecule has 0 aliphatic carbocycles. The minimum atomic E-state index is 0.808. The highest BCUT2D eigenvalue weighted by Gasteiger charge is 2.17. The molecule has 3 aromatic rings. The SMILES string of the molecule is C=C(C)c1c(Cc2ccccc2)cc([N+](=C)C)cc1Oc1ccccc1. The van der Waals surface area contributed by atoms with Crippen LogP contribution >= 0.6 is 0 Å². The molecule has 26 heavy (non-hydrogen) atoms. The van der Waals surface area contributed by atoms with Crippen LogP contribution in [0.1, 0.15) is 23.6 Å². The Balaban J connectivity index is 2.12. The summed E-state index contributed by atoms with van der Waals surface area (Å²) in [5.41, 5.74) is 5.49. The van der Waals surface area contributed by atoms with Gasteiger partial charge in [0.2, 0.25) is 5.69 Å². The summed E-state index contributed by atoms with van der Waals surface area (Å²) in [5, 5.41) is 0. The van der Waals surface area contributed by atoms with Crippen LogP contribution in [0.4, 0.5) is 5.69 Å². The highest BCUT2D eigenvalue weighted by Crippen LogP contribution is 2.37. The largest absolute Gasteiger partial charge is 0.456 e. The summed E-state index contributed by atoms with van der Waals surface area (Å²) >= 11 is 0. The van der Waals surface area contributed by atoms with E-state index in [-0.39, 0.29) is 0 Å². The molecule has 0 aliphatic heterocycles. The maximum atomic E-state index is 6.22. The zero-order valence-corrected chi connectivity index (χ0v) is 15.4. The standard InChI is InChI=1S/C24H24NO/c1-18(2)24-20(15-19-11-7-5-8-12-19)16-21(25(3)4)17-23(24)26-22-13-9-6-10-14-22/h5-14,16-17H,1,3,15H2,2,4H3/q+1. The van der Waals surface area contributed by atoms with E-state index in [4.69, 9.17) is 4.74 Å². The third kappa shape index (κ3) is 4.09. The second kappa shape index (κ2) is 7.83. The van der Waals surface area contributed by atoms with Gasteiger partial charge in [0, 0.05) is 11.6 Å². The van der Waals surface area contributed by atoms with Crippen molar-refractivity contribution in [3.8, 4) is 11.5 Å². The Morgan fingerprint density at radius 3 is 2.15 bits per heavy atom. The van der Waals surface area contributed by atoms with Gasteiger partial charge in [0.1, 0.15) is 25.3 Å². The van der Waals surface area contributed by atoms with Gasteiger partial charge in [-0.1, -0.05) is 55.1 Å². The van der Waals surface area contributed by atoms with Crippen LogP contribution in [-0.4, -0.2) is 18.3 Å². The zero-order valence-electron chi connectivity index (χ0n) is 15.4. The second-order valence-electron chi connectivity index (χ2n) is 6.53. The third-order valence-corrected chi connectivity index (χ3v) is 4.24. The van der Waals surface area contributed by atoms with Gasteiger partial charge in [-0.3, -0.25) is 0 Å². The smallest absolute Gasteiger partial charge is 0.208 e. The lowest BCUT2D eigenvalue weighted by Gasteiger charge is -2.16. The van der Waals surface area contributed by atoms with Crippen LogP contribution in [-0.2, 0) is 6.42 Å². The number of benzene rings is 3. The average molecular weight is 342 g/mol. The first-order valence-corrected chi connectivity index (χ1v) is 8.68. The van der Waals surface area contributed by atoms with Gasteiger partial charge in [-0.25, -0.2) is 4.58 Å². The van der Waals surface area contributed by atoms with Crippen molar-refractivity contribution in [2.75, 3.05) is 7.05 Å². The van der Waals surface area contributed by atoms with Crippen molar-refractivity contribution < 1.29 is 9.31 Å². The lowest BCUT2D eigenvalue weighted by atomic mass is 9.94. The van der Waals surface area contributed by atoms with Gasteiger partial charge >= 0.3 is 0 Å². The van der Waals surface area contributed by atoms with Crippen molar-refractivity contribution in [1.82, 2.24) is 0 Å². The Labute approximate surface area is 155 Å². The molecule has 3 aromatic carbocycles. The normalized spacial score (nSPS) is 10.4. The molecule has 2 nitrogen and oxygen atoms in total. The quantitative estimate of drug-likeness (QED) is 0.391.